The van der Waals surface area contributed by atoms with Crippen molar-refractivity contribution >= 4 is 20.6 Å². The van der Waals surface area contributed by atoms with Crippen molar-refractivity contribution in [2.75, 3.05) is 19.8 Å². The molecule has 6 nitrogen and oxygen atoms in total. The molecule has 0 bridgehead atoms. The minimum absolute atomic E-state index is 0.273. The van der Waals surface area contributed by atoms with Crippen LogP contribution in [0.5, 0.6) is 0 Å². The van der Waals surface area contributed by atoms with Crippen LogP contribution in [0.3, 0.4) is 0 Å². The van der Waals surface area contributed by atoms with Gasteiger partial charge in [-0.3, -0.25) is 14.5 Å². The summed E-state index contributed by atoms with van der Waals surface area (Å²) < 4.78 is 17.6. The number of nitrogens with zero attached hydrogens (tertiary/aromatic N) is 1. The lowest BCUT2D eigenvalue weighted by Gasteiger charge is -2.38. The van der Waals surface area contributed by atoms with Crippen LogP contribution in [0.15, 0.2) is 11.1 Å². The molecule has 0 aromatic rings. The van der Waals surface area contributed by atoms with E-state index in [1.54, 1.807) is 13.8 Å². The van der Waals surface area contributed by atoms with Gasteiger partial charge in [-0.1, -0.05) is 6.92 Å². The lowest BCUT2D eigenvalue weighted by molar-refractivity contribution is -0.140. The first kappa shape index (κ1) is 19.0. The highest BCUT2D eigenvalue weighted by molar-refractivity contribution is 6.63. The maximum absolute atomic E-state index is 12.5. The Hall–Kier alpha value is -1.02. The van der Waals surface area contributed by atoms with E-state index >= 15 is 0 Å². The summed E-state index contributed by atoms with van der Waals surface area (Å²) in [5.41, 5.74) is 0.464. The molecule has 0 aliphatic carbocycles. The van der Waals surface area contributed by atoms with E-state index in [1.807, 2.05) is 27.7 Å². The zero-order chi connectivity index (χ0) is 16.9. The highest BCUT2D eigenvalue weighted by Crippen LogP contribution is 2.30. The average molecular weight is 329 g/mol. The Morgan fingerprint density at radius 2 is 1.23 bits per heavy atom. The zero-order valence-corrected chi connectivity index (χ0v) is 15.4. The lowest BCUT2D eigenvalue weighted by Crippen LogP contribution is -2.64. The van der Waals surface area contributed by atoms with Gasteiger partial charge in [0.2, 0.25) is 0 Å². The van der Waals surface area contributed by atoms with Crippen molar-refractivity contribution in [1.82, 2.24) is 4.90 Å². The van der Waals surface area contributed by atoms with Crippen LogP contribution >= 0.6 is 0 Å². The van der Waals surface area contributed by atoms with Gasteiger partial charge in [-0.25, -0.2) is 0 Å². The van der Waals surface area contributed by atoms with Crippen LogP contribution in [0.1, 0.15) is 48.0 Å². The maximum atomic E-state index is 12.5. The molecule has 1 unspecified atom stereocenters. The van der Waals surface area contributed by atoms with Gasteiger partial charge >= 0.3 is 8.80 Å². The average Bonchev–Trinajstić information content (AvgIpc) is 2.66. The van der Waals surface area contributed by atoms with Gasteiger partial charge in [0.1, 0.15) is 5.67 Å². The second kappa shape index (κ2) is 8.01. The standard InChI is InChI=1S/C15H27NO5Si/c1-7-13(16-14(17)11(5)12(6)15(16)18)22(19-8-2,20-9-3)21-10-4/h13H,7-10H2,1-6H3. The summed E-state index contributed by atoms with van der Waals surface area (Å²) in [4.78, 5) is 26.3. The first-order chi connectivity index (χ1) is 10.4. The third-order valence-corrected chi connectivity index (χ3v) is 7.34. The summed E-state index contributed by atoms with van der Waals surface area (Å²) >= 11 is 0. The van der Waals surface area contributed by atoms with E-state index in [2.05, 4.69) is 0 Å². The van der Waals surface area contributed by atoms with Crippen molar-refractivity contribution in [3.63, 3.8) is 0 Å². The van der Waals surface area contributed by atoms with Crippen LogP contribution in [0.25, 0.3) is 0 Å². The smallest absolute Gasteiger partial charge is 0.373 e. The molecule has 0 saturated carbocycles. The summed E-state index contributed by atoms with van der Waals surface area (Å²) in [5.74, 6) is -0.546. The Morgan fingerprint density at radius 1 is 0.864 bits per heavy atom. The molecule has 22 heavy (non-hydrogen) atoms. The van der Waals surface area contributed by atoms with Gasteiger partial charge in [0.25, 0.3) is 11.8 Å². The number of imide groups is 1. The predicted molar refractivity (Wildman–Crippen MR) is 84.9 cm³/mol. The van der Waals surface area contributed by atoms with E-state index in [9.17, 15) is 9.59 Å². The Bertz CT molecular complexity index is 422. The van der Waals surface area contributed by atoms with Crippen LogP contribution in [0.2, 0.25) is 0 Å². The van der Waals surface area contributed by atoms with Crippen LogP contribution in [0.4, 0.5) is 0 Å². The van der Waals surface area contributed by atoms with Crippen molar-refractivity contribution in [1.29, 1.82) is 0 Å². The van der Waals surface area contributed by atoms with E-state index in [0.29, 0.717) is 37.4 Å². The van der Waals surface area contributed by atoms with Crippen LogP contribution in [-0.4, -0.2) is 51.0 Å². The van der Waals surface area contributed by atoms with Crippen LogP contribution < -0.4 is 0 Å². The maximum Gasteiger partial charge on any atom is 0.525 e. The molecule has 0 fully saturated rings. The van der Waals surface area contributed by atoms with Crippen molar-refractivity contribution < 1.29 is 22.9 Å². The number of carbonyl (C=O) groups is 2. The van der Waals surface area contributed by atoms with E-state index in [1.165, 1.54) is 4.90 Å². The molecule has 2 amide bonds. The molecule has 1 atom stereocenters. The molecule has 1 rings (SSSR count). The summed E-state index contributed by atoms with van der Waals surface area (Å²) in [6, 6.07) is 0. The third-order valence-electron chi connectivity index (χ3n) is 3.78. The number of rotatable bonds is 9. The second-order valence-corrected chi connectivity index (χ2v) is 7.80. The normalized spacial score (nSPS) is 17.6. The van der Waals surface area contributed by atoms with Gasteiger partial charge < -0.3 is 13.3 Å². The quantitative estimate of drug-likeness (QED) is 0.478. The van der Waals surface area contributed by atoms with Gasteiger partial charge in [-0.2, -0.15) is 0 Å². The Morgan fingerprint density at radius 3 is 1.50 bits per heavy atom. The molecule has 1 aliphatic rings. The van der Waals surface area contributed by atoms with Crippen molar-refractivity contribution in [2.24, 2.45) is 0 Å². The third kappa shape index (κ3) is 3.32. The first-order valence-corrected chi connectivity index (χ1v) is 9.67. The summed E-state index contributed by atoms with van der Waals surface area (Å²) in [6.07, 6.45) is 0.532. The molecule has 0 aromatic heterocycles. The number of amides is 2. The number of hydrogen-bond donors (Lipinski definition) is 0. The highest BCUT2D eigenvalue weighted by Gasteiger charge is 2.55. The van der Waals surface area contributed by atoms with Crippen molar-refractivity contribution in [3.8, 4) is 0 Å². The summed E-state index contributed by atoms with van der Waals surface area (Å²) in [6.45, 7) is 12.0. The molecule has 0 saturated heterocycles. The van der Waals surface area contributed by atoms with Gasteiger partial charge in [0.15, 0.2) is 0 Å². The van der Waals surface area contributed by atoms with Gasteiger partial charge in [0.05, 0.1) is 0 Å². The largest absolute Gasteiger partial charge is 0.525 e. The number of hydrogen-bond acceptors (Lipinski definition) is 5. The Labute approximate surface area is 133 Å². The van der Waals surface area contributed by atoms with Gasteiger partial charge in [-0.15, -0.1) is 0 Å². The fraction of sp³-hybridized carbons (Fsp3) is 0.733. The molecule has 7 heteroatoms. The summed E-state index contributed by atoms with van der Waals surface area (Å²) in [5, 5.41) is 0. The fourth-order valence-electron chi connectivity index (χ4n) is 2.67. The van der Waals surface area contributed by atoms with Gasteiger partial charge in [-0.05, 0) is 41.0 Å². The zero-order valence-electron chi connectivity index (χ0n) is 14.4. The minimum atomic E-state index is -3.18. The lowest BCUT2D eigenvalue weighted by atomic mass is 10.2. The van der Waals surface area contributed by atoms with Crippen LogP contribution in [0, 0.1) is 0 Å². The summed E-state index contributed by atoms with van der Waals surface area (Å²) in [7, 11) is -3.18. The predicted octanol–water partition coefficient (Wildman–Crippen LogP) is 2.06. The first-order valence-electron chi connectivity index (χ1n) is 7.87. The van der Waals surface area contributed by atoms with E-state index in [4.69, 9.17) is 13.3 Å². The van der Waals surface area contributed by atoms with Gasteiger partial charge in [0, 0.05) is 31.0 Å². The SMILES string of the molecule is CCO[Si](OCC)(OCC)C(CC)N1C(=O)C(C)=C(C)C1=O. The topological polar surface area (TPSA) is 65.1 Å². The molecule has 0 spiro atoms. The Balaban J connectivity index is 3.25. The van der Waals surface area contributed by atoms with Crippen molar-refractivity contribution in [2.45, 2.75) is 53.6 Å². The van der Waals surface area contributed by atoms with Crippen molar-refractivity contribution in [3.05, 3.63) is 11.1 Å². The molecular weight excluding hydrogens is 302 g/mol. The van der Waals surface area contributed by atoms with E-state index in [0.717, 1.165) is 0 Å². The highest BCUT2D eigenvalue weighted by atomic mass is 28.4. The molecule has 0 N–H and O–H groups in total. The molecule has 0 aromatic carbocycles. The molecule has 1 aliphatic heterocycles. The monoisotopic (exact) mass is 329 g/mol. The van der Waals surface area contributed by atoms with Crippen LogP contribution in [-0.2, 0) is 22.9 Å². The molecule has 126 valence electrons. The van der Waals surface area contributed by atoms with E-state index < -0.39 is 14.5 Å². The van der Waals surface area contributed by atoms with E-state index in [-0.39, 0.29) is 11.8 Å². The fourth-order valence-corrected chi connectivity index (χ4v) is 5.75. The molecular formula is C15H27NO5Si. The second-order valence-electron chi connectivity index (χ2n) is 5.06. The molecule has 0 radical (unpaired) electrons. The minimum Gasteiger partial charge on any atom is -0.373 e. The Kier molecular flexibility index (Phi) is 6.92. The number of carbonyl (C=O) groups excluding carboxylic acids is 2. The molecule has 1 heterocycles.